The monoisotopic (exact) mass is 328 g/mol. The molecule has 0 bridgehead atoms. The zero-order valence-electron chi connectivity index (χ0n) is 10.6. The molecular weight excluding hydrogens is 316 g/mol. The van der Waals surface area contributed by atoms with Crippen molar-refractivity contribution in [1.82, 2.24) is 4.98 Å². The lowest BCUT2D eigenvalue weighted by Crippen LogP contribution is -2.15. The summed E-state index contributed by atoms with van der Waals surface area (Å²) in [5, 5.41) is 4.99. The molecule has 0 aliphatic carbocycles. The highest BCUT2D eigenvalue weighted by molar-refractivity contribution is 7.92. The van der Waals surface area contributed by atoms with E-state index in [-0.39, 0.29) is 21.3 Å². The average molecular weight is 328 g/mol. The lowest BCUT2D eigenvalue weighted by molar-refractivity contribution is 0.596. The Labute approximate surface area is 121 Å². The predicted molar refractivity (Wildman–Crippen MR) is 77.3 cm³/mol. The number of sulfonamides is 2. The van der Waals surface area contributed by atoms with Gasteiger partial charge in [-0.05, 0) is 30.3 Å². The van der Waals surface area contributed by atoms with E-state index in [0.717, 1.165) is 12.3 Å². The molecular formula is C11H12N4O4S2. The highest BCUT2D eigenvalue weighted by atomic mass is 32.2. The first kappa shape index (κ1) is 15.2. The largest absolute Gasteiger partial charge is 0.384 e. The number of nitrogens with two attached hydrogens (primary N) is 2. The molecule has 1 aromatic heterocycles. The number of pyridine rings is 1. The van der Waals surface area contributed by atoms with E-state index in [1.54, 1.807) is 0 Å². The van der Waals surface area contributed by atoms with E-state index in [9.17, 15) is 16.8 Å². The van der Waals surface area contributed by atoms with E-state index < -0.39 is 20.0 Å². The number of anilines is 2. The van der Waals surface area contributed by atoms with Crippen molar-refractivity contribution in [3.05, 3.63) is 42.6 Å². The minimum atomic E-state index is -3.91. The van der Waals surface area contributed by atoms with Crippen molar-refractivity contribution in [2.75, 3.05) is 10.5 Å². The number of rotatable bonds is 4. The molecule has 0 unspecified atom stereocenters. The number of hydrogen-bond acceptors (Lipinski definition) is 6. The maximum absolute atomic E-state index is 12.1. The van der Waals surface area contributed by atoms with Gasteiger partial charge in [-0.15, -0.1) is 0 Å². The molecule has 0 saturated carbocycles. The van der Waals surface area contributed by atoms with E-state index in [1.807, 2.05) is 0 Å². The maximum atomic E-state index is 12.1. The molecule has 1 aromatic carbocycles. The van der Waals surface area contributed by atoms with Gasteiger partial charge in [0.05, 0.1) is 10.6 Å². The van der Waals surface area contributed by atoms with Crippen LogP contribution in [0.3, 0.4) is 0 Å². The van der Waals surface area contributed by atoms with Crippen LogP contribution in [0.5, 0.6) is 0 Å². The van der Waals surface area contributed by atoms with Crippen molar-refractivity contribution < 1.29 is 16.8 Å². The number of nitrogens with zero attached hydrogens (tertiary/aromatic N) is 1. The van der Waals surface area contributed by atoms with E-state index in [0.29, 0.717) is 0 Å². The number of hydrogen-bond donors (Lipinski definition) is 3. The van der Waals surface area contributed by atoms with Crippen molar-refractivity contribution in [2.24, 2.45) is 5.14 Å². The molecule has 2 aromatic rings. The molecule has 1 heterocycles. The van der Waals surface area contributed by atoms with Crippen LogP contribution in [0.15, 0.2) is 52.4 Å². The van der Waals surface area contributed by atoms with Crippen molar-refractivity contribution in [3.63, 3.8) is 0 Å². The number of benzene rings is 1. The van der Waals surface area contributed by atoms with Crippen LogP contribution in [0.25, 0.3) is 0 Å². The molecule has 0 aliphatic rings. The Hall–Kier alpha value is -2.17. The Morgan fingerprint density at radius 1 is 1.00 bits per heavy atom. The van der Waals surface area contributed by atoms with Crippen LogP contribution >= 0.6 is 0 Å². The summed E-state index contributed by atoms with van der Waals surface area (Å²) in [6.45, 7) is 0. The van der Waals surface area contributed by atoms with Gasteiger partial charge in [-0.2, -0.15) is 0 Å². The Morgan fingerprint density at radius 3 is 2.29 bits per heavy atom. The minimum Gasteiger partial charge on any atom is -0.384 e. The van der Waals surface area contributed by atoms with E-state index >= 15 is 0 Å². The fourth-order valence-corrected chi connectivity index (χ4v) is 3.05. The molecule has 8 nitrogen and oxygen atoms in total. The van der Waals surface area contributed by atoms with Crippen LogP contribution in [-0.2, 0) is 20.0 Å². The van der Waals surface area contributed by atoms with Crippen LogP contribution in [0.4, 0.5) is 11.5 Å². The molecule has 0 fully saturated rings. The lowest BCUT2D eigenvalue weighted by atomic mass is 10.3. The van der Waals surface area contributed by atoms with E-state index in [2.05, 4.69) is 9.71 Å². The van der Waals surface area contributed by atoms with Crippen LogP contribution in [0.2, 0.25) is 0 Å². The zero-order valence-corrected chi connectivity index (χ0v) is 12.2. The van der Waals surface area contributed by atoms with Crippen LogP contribution in [0, 0.1) is 0 Å². The van der Waals surface area contributed by atoms with Crippen molar-refractivity contribution in [1.29, 1.82) is 0 Å². The summed E-state index contributed by atoms with van der Waals surface area (Å²) in [4.78, 5) is 3.39. The normalized spacial score (nSPS) is 12.0. The summed E-state index contributed by atoms with van der Waals surface area (Å²) in [6, 6.07) is 7.79. The van der Waals surface area contributed by atoms with E-state index in [1.165, 1.54) is 30.3 Å². The maximum Gasteiger partial charge on any atom is 0.263 e. The van der Waals surface area contributed by atoms with Gasteiger partial charge in [0.25, 0.3) is 10.0 Å². The standard InChI is InChI=1S/C11H12N4O4S2/c12-11-5-4-10(7-14-11)21(18,19)15-8-2-1-3-9(6-8)20(13,16)17/h1-7,15H,(H2,12,14)(H2,13,16,17). The third-order valence-corrected chi connectivity index (χ3v) is 4.76. The van der Waals surface area contributed by atoms with E-state index in [4.69, 9.17) is 10.9 Å². The summed E-state index contributed by atoms with van der Waals surface area (Å²) in [5.74, 6) is 0.185. The van der Waals surface area contributed by atoms with Gasteiger partial charge in [-0.3, -0.25) is 4.72 Å². The van der Waals surface area contributed by atoms with Gasteiger partial charge in [-0.1, -0.05) is 6.07 Å². The predicted octanol–water partition coefficient (Wildman–Crippen LogP) is 0.112. The van der Waals surface area contributed by atoms with Crippen LogP contribution < -0.4 is 15.6 Å². The fourth-order valence-electron chi connectivity index (χ4n) is 1.50. The third kappa shape index (κ3) is 3.68. The Balaban J connectivity index is 2.35. The molecule has 0 amide bonds. The first-order valence-electron chi connectivity index (χ1n) is 5.56. The molecule has 2 rings (SSSR count). The lowest BCUT2D eigenvalue weighted by Gasteiger charge is -2.09. The zero-order chi connectivity index (χ0) is 15.7. The summed E-state index contributed by atoms with van der Waals surface area (Å²) in [6.07, 6.45) is 1.10. The molecule has 0 aliphatic heterocycles. The highest BCUT2D eigenvalue weighted by Gasteiger charge is 2.16. The molecule has 0 spiro atoms. The second kappa shape index (κ2) is 5.31. The van der Waals surface area contributed by atoms with Crippen molar-refractivity contribution in [3.8, 4) is 0 Å². The first-order chi connectivity index (χ1) is 9.68. The molecule has 21 heavy (non-hydrogen) atoms. The highest BCUT2D eigenvalue weighted by Crippen LogP contribution is 2.18. The fraction of sp³-hybridized carbons (Fsp3) is 0. The van der Waals surface area contributed by atoms with Gasteiger partial charge < -0.3 is 5.73 Å². The summed E-state index contributed by atoms with van der Waals surface area (Å²) >= 11 is 0. The minimum absolute atomic E-state index is 0.0679. The molecule has 0 radical (unpaired) electrons. The summed E-state index contributed by atoms with van der Waals surface area (Å²) in [7, 11) is -7.81. The topological polar surface area (TPSA) is 145 Å². The number of nitrogen functional groups attached to an aromatic ring is 1. The van der Waals surface area contributed by atoms with Gasteiger partial charge in [0.1, 0.15) is 10.7 Å². The van der Waals surface area contributed by atoms with Crippen molar-refractivity contribution >= 4 is 31.6 Å². The quantitative estimate of drug-likeness (QED) is 0.726. The van der Waals surface area contributed by atoms with Gasteiger partial charge in [0.15, 0.2) is 0 Å². The van der Waals surface area contributed by atoms with Gasteiger partial charge in [0.2, 0.25) is 10.0 Å². The van der Waals surface area contributed by atoms with Gasteiger partial charge in [-0.25, -0.2) is 27.0 Å². The number of primary sulfonamides is 1. The van der Waals surface area contributed by atoms with Crippen LogP contribution in [-0.4, -0.2) is 21.8 Å². The summed E-state index contributed by atoms with van der Waals surface area (Å²) < 4.78 is 48.9. The summed E-state index contributed by atoms with van der Waals surface area (Å²) in [5.41, 5.74) is 5.45. The smallest absolute Gasteiger partial charge is 0.263 e. The number of nitrogens with one attached hydrogen (secondary N) is 1. The van der Waals surface area contributed by atoms with Crippen LogP contribution in [0.1, 0.15) is 0 Å². The Morgan fingerprint density at radius 2 is 1.71 bits per heavy atom. The Kier molecular flexibility index (Phi) is 3.85. The molecule has 10 heteroatoms. The number of aromatic nitrogens is 1. The molecule has 0 saturated heterocycles. The molecule has 5 N–H and O–H groups in total. The average Bonchev–Trinajstić information content (AvgIpc) is 2.38. The second-order valence-electron chi connectivity index (χ2n) is 4.10. The molecule has 112 valence electrons. The second-order valence-corrected chi connectivity index (χ2v) is 7.34. The van der Waals surface area contributed by atoms with Gasteiger partial charge in [0, 0.05) is 6.20 Å². The first-order valence-corrected chi connectivity index (χ1v) is 8.59. The molecule has 0 atom stereocenters. The Bertz CT molecular complexity index is 861. The van der Waals surface area contributed by atoms with Gasteiger partial charge >= 0.3 is 0 Å². The SMILES string of the molecule is Nc1ccc(S(=O)(=O)Nc2cccc(S(N)(=O)=O)c2)cn1. The third-order valence-electron chi connectivity index (χ3n) is 2.48. The van der Waals surface area contributed by atoms with Crippen molar-refractivity contribution in [2.45, 2.75) is 9.79 Å².